The van der Waals surface area contributed by atoms with Gasteiger partial charge in [0, 0.05) is 11.6 Å². The molecule has 0 spiro atoms. The maximum Gasteiger partial charge on any atom is 0.221 e. The molecular formula is C11H11NO. The van der Waals surface area contributed by atoms with E-state index in [-0.39, 0.29) is 0 Å². The smallest absolute Gasteiger partial charge is 0.221 e. The minimum atomic E-state index is 0.704. The van der Waals surface area contributed by atoms with Crippen LogP contribution in [0.5, 0.6) is 5.88 Å². The van der Waals surface area contributed by atoms with Crippen molar-refractivity contribution in [3.63, 3.8) is 0 Å². The number of aryl methyl sites for hydroxylation is 1. The Kier molecular flexibility index (Phi) is 1.89. The number of methoxy groups -OCH3 is 1. The first kappa shape index (κ1) is 8.05. The molecule has 0 N–H and O–H groups in total. The first-order valence-electron chi connectivity index (χ1n) is 4.21. The Labute approximate surface area is 77.2 Å². The van der Waals surface area contributed by atoms with Crippen molar-refractivity contribution >= 4 is 10.8 Å². The Bertz CT molecular complexity index is 432. The van der Waals surface area contributed by atoms with Gasteiger partial charge in [0.2, 0.25) is 5.88 Å². The van der Waals surface area contributed by atoms with E-state index in [4.69, 9.17) is 4.74 Å². The molecule has 2 aromatic rings. The molecule has 1 aromatic heterocycles. The van der Waals surface area contributed by atoms with Crippen LogP contribution in [-0.2, 0) is 0 Å². The van der Waals surface area contributed by atoms with Crippen molar-refractivity contribution in [1.82, 2.24) is 4.98 Å². The van der Waals surface area contributed by atoms with Crippen LogP contribution in [0.3, 0.4) is 0 Å². The molecule has 0 aliphatic heterocycles. The summed E-state index contributed by atoms with van der Waals surface area (Å²) < 4.78 is 5.20. The Morgan fingerprint density at radius 2 is 2.08 bits per heavy atom. The number of benzene rings is 1. The predicted octanol–water partition coefficient (Wildman–Crippen LogP) is 2.55. The van der Waals surface area contributed by atoms with Gasteiger partial charge >= 0.3 is 0 Å². The van der Waals surface area contributed by atoms with Gasteiger partial charge in [0.15, 0.2) is 0 Å². The Hall–Kier alpha value is -1.57. The third-order valence-electron chi connectivity index (χ3n) is 2.16. The second kappa shape index (κ2) is 3.05. The molecule has 2 heteroatoms. The SMILES string of the molecule is COc1nccc2cccc(C)c12. The summed E-state index contributed by atoms with van der Waals surface area (Å²) in [6.07, 6.45) is 1.76. The minimum Gasteiger partial charge on any atom is -0.481 e. The molecule has 2 nitrogen and oxygen atoms in total. The van der Waals surface area contributed by atoms with Gasteiger partial charge in [-0.25, -0.2) is 4.98 Å². The van der Waals surface area contributed by atoms with E-state index in [0.717, 1.165) is 5.39 Å². The summed E-state index contributed by atoms with van der Waals surface area (Å²) in [5.41, 5.74) is 1.20. The summed E-state index contributed by atoms with van der Waals surface area (Å²) in [6.45, 7) is 2.06. The van der Waals surface area contributed by atoms with Crippen LogP contribution in [-0.4, -0.2) is 12.1 Å². The van der Waals surface area contributed by atoms with Gasteiger partial charge in [0.25, 0.3) is 0 Å². The number of fused-ring (bicyclic) bond motifs is 1. The number of rotatable bonds is 1. The van der Waals surface area contributed by atoms with Gasteiger partial charge in [0.1, 0.15) is 0 Å². The molecule has 1 heterocycles. The maximum atomic E-state index is 5.20. The number of hydrogen-bond donors (Lipinski definition) is 0. The van der Waals surface area contributed by atoms with Gasteiger partial charge in [0.05, 0.1) is 7.11 Å². The van der Waals surface area contributed by atoms with Crippen molar-refractivity contribution in [2.24, 2.45) is 0 Å². The number of ether oxygens (including phenoxy) is 1. The van der Waals surface area contributed by atoms with E-state index in [1.165, 1.54) is 10.9 Å². The molecule has 13 heavy (non-hydrogen) atoms. The fourth-order valence-electron chi connectivity index (χ4n) is 1.53. The zero-order chi connectivity index (χ0) is 9.26. The summed E-state index contributed by atoms with van der Waals surface area (Å²) in [6, 6.07) is 8.15. The summed E-state index contributed by atoms with van der Waals surface area (Å²) in [5, 5.41) is 2.28. The zero-order valence-electron chi connectivity index (χ0n) is 7.74. The third kappa shape index (κ3) is 1.24. The summed E-state index contributed by atoms with van der Waals surface area (Å²) in [7, 11) is 1.65. The van der Waals surface area contributed by atoms with E-state index in [9.17, 15) is 0 Å². The molecule has 0 amide bonds. The van der Waals surface area contributed by atoms with E-state index in [1.807, 2.05) is 12.1 Å². The van der Waals surface area contributed by atoms with Gasteiger partial charge in [-0.05, 0) is 23.9 Å². The highest BCUT2D eigenvalue weighted by Crippen LogP contribution is 2.25. The first-order chi connectivity index (χ1) is 6.33. The van der Waals surface area contributed by atoms with Gasteiger partial charge in [-0.3, -0.25) is 0 Å². The van der Waals surface area contributed by atoms with Crippen molar-refractivity contribution in [2.75, 3.05) is 7.11 Å². The standard InChI is InChI=1S/C11H11NO/c1-8-4-3-5-9-6-7-12-11(13-2)10(8)9/h3-7H,1-2H3. The van der Waals surface area contributed by atoms with Crippen molar-refractivity contribution in [1.29, 1.82) is 0 Å². The molecule has 0 saturated heterocycles. The number of hydrogen-bond acceptors (Lipinski definition) is 2. The number of nitrogens with zero attached hydrogens (tertiary/aromatic N) is 1. The van der Waals surface area contributed by atoms with Crippen LogP contribution in [0, 0.1) is 6.92 Å². The lowest BCUT2D eigenvalue weighted by atomic mass is 10.1. The van der Waals surface area contributed by atoms with Gasteiger partial charge in [-0.1, -0.05) is 18.2 Å². The molecular weight excluding hydrogens is 162 g/mol. The minimum absolute atomic E-state index is 0.704. The van der Waals surface area contributed by atoms with Crippen LogP contribution in [0.1, 0.15) is 5.56 Å². The van der Waals surface area contributed by atoms with Crippen molar-refractivity contribution in [2.45, 2.75) is 6.92 Å². The van der Waals surface area contributed by atoms with Crippen LogP contribution in [0.15, 0.2) is 30.5 Å². The number of pyridine rings is 1. The molecule has 0 fully saturated rings. The molecule has 1 aromatic carbocycles. The lowest BCUT2D eigenvalue weighted by molar-refractivity contribution is 0.403. The molecule has 0 unspecified atom stereocenters. The zero-order valence-corrected chi connectivity index (χ0v) is 7.74. The van der Waals surface area contributed by atoms with Crippen LogP contribution < -0.4 is 4.74 Å². The third-order valence-corrected chi connectivity index (χ3v) is 2.16. The molecule has 0 bridgehead atoms. The molecule has 0 aliphatic carbocycles. The fraction of sp³-hybridized carbons (Fsp3) is 0.182. The maximum absolute atomic E-state index is 5.20. The second-order valence-electron chi connectivity index (χ2n) is 2.99. The van der Waals surface area contributed by atoms with Gasteiger partial charge in [-0.2, -0.15) is 0 Å². The average Bonchev–Trinajstić information content (AvgIpc) is 2.17. The predicted molar refractivity (Wildman–Crippen MR) is 53.0 cm³/mol. The summed E-state index contributed by atoms with van der Waals surface area (Å²) >= 11 is 0. The second-order valence-corrected chi connectivity index (χ2v) is 2.99. The Balaban J connectivity index is 2.87. The van der Waals surface area contributed by atoms with Crippen molar-refractivity contribution in [3.8, 4) is 5.88 Å². The van der Waals surface area contributed by atoms with Crippen LogP contribution in [0.2, 0.25) is 0 Å². The molecule has 0 atom stereocenters. The summed E-state index contributed by atoms with van der Waals surface area (Å²) in [5.74, 6) is 0.704. The van der Waals surface area contributed by atoms with E-state index in [1.54, 1.807) is 13.3 Å². The highest BCUT2D eigenvalue weighted by Gasteiger charge is 2.03. The molecule has 2 rings (SSSR count). The lowest BCUT2D eigenvalue weighted by Gasteiger charge is -2.05. The average molecular weight is 173 g/mol. The van der Waals surface area contributed by atoms with Crippen molar-refractivity contribution in [3.05, 3.63) is 36.0 Å². The summed E-state index contributed by atoms with van der Waals surface area (Å²) in [4.78, 5) is 4.16. The normalized spacial score (nSPS) is 10.3. The first-order valence-corrected chi connectivity index (χ1v) is 4.21. The van der Waals surface area contributed by atoms with Gasteiger partial charge in [-0.15, -0.1) is 0 Å². The molecule has 0 radical (unpaired) electrons. The van der Waals surface area contributed by atoms with E-state index in [0.29, 0.717) is 5.88 Å². The molecule has 0 saturated carbocycles. The fourth-order valence-corrected chi connectivity index (χ4v) is 1.53. The van der Waals surface area contributed by atoms with E-state index >= 15 is 0 Å². The molecule has 66 valence electrons. The van der Waals surface area contributed by atoms with Crippen molar-refractivity contribution < 1.29 is 4.74 Å². The van der Waals surface area contributed by atoms with E-state index in [2.05, 4.69) is 24.0 Å². The topological polar surface area (TPSA) is 22.1 Å². The van der Waals surface area contributed by atoms with E-state index < -0.39 is 0 Å². The van der Waals surface area contributed by atoms with Gasteiger partial charge < -0.3 is 4.74 Å². The number of aromatic nitrogens is 1. The molecule has 0 aliphatic rings. The Morgan fingerprint density at radius 3 is 2.85 bits per heavy atom. The Morgan fingerprint density at radius 1 is 1.23 bits per heavy atom. The lowest BCUT2D eigenvalue weighted by Crippen LogP contribution is -1.89. The van der Waals surface area contributed by atoms with Crippen LogP contribution in [0.4, 0.5) is 0 Å². The van der Waals surface area contributed by atoms with Crippen LogP contribution in [0.25, 0.3) is 10.8 Å². The largest absolute Gasteiger partial charge is 0.481 e. The highest BCUT2D eigenvalue weighted by molar-refractivity contribution is 5.89. The van der Waals surface area contributed by atoms with Crippen LogP contribution >= 0.6 is 0 Å². The quantitative estimate of drug-likeness (QED) is 0.661. The monoisotopic (exact) mass is 173 g/mol. The highest BCUT2D eigenvalue weighted by atomic mass is 16.5.